The van der Waals surface area contributed by atoms with E-state index >= 15 is 0 Å². The molecule has 0 atom stereocenters. The lowest BCUT2D eigenvalue weighted by Gasteiger charge is -2.32. The van der Waals surface area contributed by atoms with Crippen LogP contribution in [-0.4, -0.2) is 25.6 Å². The quantitative estimate of drug-likeness (QED) is 0.811. The highest BCUT2D eigenvalue weighted by atomic mass is 35.5. The van der Waals surface area contributed by atoms with Gasteiger partial charge < -0.3 is 15.0 Å². The fourth-order valence-electron chi connectivity index (χ4n) is 3.14. The Morgan fingerprint density at radius 3 is 2.69 bits per heavy atom. The molecule has 0 radical (unpaired) electrons. The highest BCUT2D eigenvalue weighted by Gasteiger charge is 2.18. The second-order valence-electron chi connectivity index (χ2n) is 6.99. The number of halogens is 1. The Bertz CT molecular complexity index is 770. The first-order chi connectivity index (χ1) is 12.5. The lowest BCUT2D eigenvalue weighted by Crippen LogP contribution is -2.32. The first-order valence-electron chi connectivity index (χ1n) is 9.05. The molecule has 1 saturated heterocycles. The van der Waals surface area contributed by atoms with Crippen LogP contribution in [0.1, 0.15) is 25.3 Å². The summed E-state index contributed by atoms with van der Waals surface area (Å²) in [4.78, 5) is 14.4. The molecule has 138 valence electrons. The van der Waals surface area contributed by atoms with Crippen molar-refractivity contribution in [3.63, 3.8) is 0 Å². The van der Waals surface area contributed by atoms with Crippen LogP contribution in [0.15, 0.2) is 42.5 Å². The summed E-state index contributed by atoms with van der Waals surface area (Å²) in [5, 5.41) is 3.50. The predicted molar refractivity (Wildman–Crippen MR) is 107 cm³/mol. The molecule has 2 aromatic carbocycles. The number of carbonyl (C=O) groups is 1. The van der Waals surface area contributed by atoms with E-state index in [0.29, 0.717) is 16.5 Å². The lowest BCUT2D eigenvalue weighted by molar-refractivity contribution is -0.118. The van der Waals surface area contributed by atoms with Crippen molar-refractivity contribution in [2.75, 3.05) is 29.9 Å². The van der Waals surface area contributed by atoms with Crippen LogP contribution in [0.5, 0.6) is 5.75 Å². The van der Waals surface area contributed by atoms with Crippen LogP contribution in [0.4, 0.5) is 11.4 Å². The molecule has 26 heavy (non-hydrogen) atoms. The number of anilines is 2. The summed E-state index contributed by atoms with van der Waals surface area (Å²) < 4.78 is 5.53. The van der Waals surface area contributed by atoms with Crippen molar-refractivity contribution >= 4 is 28.9 Å². The number of ether oxygens (including phenoxy) is 1. The van der Waals surface area contributed by atoms with Gasteiger partial charge in [0.25, 0.3) is 5.91 Å². The van der Waals surface area contributed by atoms with Crippen LogP contribution < -0.4 is 15.0 Å². The molecule has 1 aliphatic rings. The molecule has 2 aromatic rings. The van der Waals surface area contributed by atoms with E-state index in [1.54, 1.807) is 6.07 Å². The van der Waals surface area contributed by atoms with Crippen molar-refractivity contribution in [1.82, 2.24) is 0 Å². The minimum Gasteiger partial charge on any atom is -0.484 e. The molecule has 0 aliphatic carbocycles. The first-order valence-corrected chi connectivity index (χ1v) is 9.43. The number of hydrogen-bond acceptors (Lipinski definition) is 3. The van der Waals surface area contributed by atoms with E-state index in [0.717, 1.165) is 30.3 Å². The monoisotopic (exact) mass is 372 g/mol. The average Bonchev–Trinajstić information content (AvgIpc) is 2.61. The Hall–Kier alpha value is -2.20. The molecule has 0 bridgehead atoms. The Kier molecular flexibility index (Phi) is 6.04. The fourth-order valence-corrected chi connectivity index (χ4v) is 3.44. The van der Waals surface area contributed by atoms with E-state index in [4.69, 9.17) is 16.3 Å². The number of amides is 1. The van der Waals surface area contributed by atoms with E-state index in [1.807, 2.05) is 43.3 Å². The van der Waals surface area contributed by atoms with Gasteiger partial charge in [0.2, 0.25) is 0 Å². The van der Waals surface area contributed by atoms with Gasteiger partial charge in [0, 0.05) is 18.8 Å². The van der Waals surface area contributed by atoms with Crippen LogP contribution in [0.3, 0.4) is 0 Å². The van der Waals surface area contributed by atoms with Crippen LogP contribution in [0.25, 0.3) is 0 Å². The van der Waals surface area contributed by atoms with Gasteiger partial charge in [0.1, 0.15) is 5.75 Å². The summed E-state index contributed by atoms with van der Waals surface area (Å²) in [5.74, 6) is 1.26. The van der Waals surface area contributed by atoms with Gasteiger partial charge in [-0.1, -0.05) is 30.7 Å². The molecular formula is C21H25ClN2O2. The Morgan fingerprint density at radius 1 is 1.23 bits per heavy atom. The van der Waals surface area contributed by atoms with Crippen molar-refractivity contribution in [2.24, 2.45) is 5.92 Å². The van der Waals surface area contributed by atoms with Crippen molar-refractivity contribution in [2.45, 2.75) is 26.7 Å². The zero-order valence-electron chi connectivity index (χ0n) is 15.3. The Labute approximate surface area is 160 Å². The average molecular weight is 373 g/mol. The van der Waals surface area contributed by atoms with E-state index in [-0.39, 0.29) is 12.5 Å². The topological polar surface area (TPSA) is 41.6 Å². The maximum atomic E-state index is 12.1. The van der Waals surface area contributed by atoms with E-state index in [9.17, 15) is 4.79 Å². The molecule has 1 N–H and O–H groups in total. The van der Waals surface area contributed by atoms with Gasteiger partial charge in [0.05, 0.1) is 10.7 Å². The van der Waals surface area contributed by atoms with Crippen LogP contribution in [-0.2, 0) is 4.79 Å². The third-order valence-corrected chi connectivity index (χ3v) is 5.02. The second-order valence-corrected chi connectivity index (χ2v) is 7.40. The molecule has 0 unspecified atom stereocenters. The molecule has 1 heterocycles. The number of aryl methyl sites for hydroxylation is 1. The molecule has 4 nitrogen and oxygen atoms in total. The van der Waals surface area contributed by atoms with Crippen molar-refractivity contribution in [3.05, 3.63) is 53.1 Å². The minimum absolute atomic E-state index is 0.0349. The molecule has 0 saturated carbocycles. The van der Waals surface area contributed by atoms with Crippen molar-refractivity contribution in [1.29, 1.82) is 0 Å². The summed E-state index contributed by atoms with van der Waals surface area (Å²) in [6.07, 6.45) is 2.37. The molecule has 3 rings (SSSR count). The smallest absolute Gasteiger partial charge is 0.262 e. The summed E-state index contributed by atoms with van der Waals surface area (Å²) in [5.41, 5.74) is 2.81. The maximum absolute atomic E-state index is 12.1. The molecule has 0 aromatic heterocycles. The fraction of sp³-hybridized carbons (Fsp3) is 0.381. The number of rotatable bonds is 5. The largest absolute Gasteiger partial charge is 0.484 e. The summed E-state index contributed by atoms with van der Waals surface area (Å²) in [6.45, 7) is 6.29. The number of piperidine rings is 1. The summed E-state index contributed by atoms with van der Waals surface area (Å²) >= 11 is 6.45. The SMILES string of the molecule is Cc1cccc(OCC(=O)Nc2ccc(N3CCC(C)CC3)c(Cl)c2)c1. The highest BCUT2D eigenvalue weighted by Crippen LogP contribution is 2.31. The third kappa shape index (κ3) is 4.92. The molecule has 5 heteroatoms. The van der Waals surface area contributed by atoms with Crippen LogP contribution >= 0.6 is 11.6 Å². The van der Waals surface area contributed by atoms with Crippen molar-refractivity contribution < 1.29 is 9.53 Å². The Balaban J connectivity index is 1.56. The zero-order valence-corrected chi connectivity index (χ0v) is 16.1. The predicted octanol–water partition coefficient (Wildman–Crippen LogP) is 4.90. The van der Waals surface area contributed by atoms with Gasteiger partial charge in [-0.3, -0.25) is 4.79 Å². The zero-order chi connectivity index (χ0) is 18.5. The number of benzene rings is 2. The number of carbonyl (C=O) groups excluding carboxylic acids is 1. The maximum Gasteiger partial charge on any atom is 0.262 e. The molecule has 1 fully saturated rings. The van der Waals surface area contributed by atoms with E-state index < -0.39 is 0 Å². The van der Waals surface area contributed by atoms with E-state index in [1.165, 1.54) is 12.8 Å². The number of nitrogens with one attached hydrogen (secondary N) is 1. The third-order valence-electron chi connectivity index (χ3n) is 4.72. The van der Waals surface area contributed by atoms with Gasteiger partial charge >= 0.3 is 0 Å². The normalized spacial score (nSPS) is 15.0. The highest BCUT2D eigenvalue weighted by molar-refractivity contribution is 6.33. The standard InChI is InChI=1S/C21H25ClN2O2/c1-15-8-10-24(11-9-15)20-7-6-17(13-19(20)22)23-21(25)14-26-18-5-3-4-16(2)12-18/h3-7,12-13,15H,8-11,14H2,1-2H3,(H,23,25). The number of hydrogen-bond donors (Lipinski definition) is 1. The second kappa shape index (κ2) is 8.45. The van der Waals surface area contributed by atoms with Crippen LogP contribution in [0, 0.1) is 12.8 Å². The minimum atomic E-state index is -0.206. The number of nitrogens with zero attached hydrogens (tertiary/aromatic N) is 1. The van der Waals surface area contributed by atoms with Gasteiger partial charge in [-0.15, -0.1) is 0 Å². The lowest BCUT2D eigenvalue weighted by atomic mass is 9.99. The molecule has 1 aliphatic heterocycles. The van der Waals surface area contributed by atoms with E-state index in [2.05, 4.69) is 17.1 Å². The molecular weight excluding hydrogens is 348 g/mol. The van der Waals surface area contributed by atoms with Gasteiger partial charge in [0.15, 0.2) is 6.61 Å². The summed E-state index contributed by atoms with van der Waals surface area (Å²) in [7, 11) is 0. The van der Waals surface area contributed by atoms with Gasteiger partial charge in [-0.2, -0.15) is 0 Å². The molecule has 1 amide bonds. The van der Waals surface area contributed by atoms with Gasteiger partial charge in [-0.25, -0.2) is 0 Å². The van der Waals surface area contributed by atoms with Crippen LogP contribution in [0.2, 0.25) is 5.02 Å². The van der Waals surface area contributed by atoms with Gasteiger partial charge in [-0.05, 0) is 61.6 Å². The summed E-state index contributed by atoms with van der Waals surface area (Å²) in [6, 6.07) is 13.3. The molecule has 0 spiro atoms. The Morgan fingerprint density at radius 2 is 2.00 bits per heavy atom. The van der Waals surface area contributed by atoms with Crippen molar-refractivity contribution in [3.8, 4) is 5.75 Å². The first kappa shape index (κ1) is 18.6.